The normalized spacial score (nSPS) is 10.7. The molecule has 0 spiro atoms. The van der Waals surface area contributed by atoms with Gasteiger partial charge in [0.2, 0.25) is 15.9 Å². The van der Waals surface area contributed by atoms with Gasteiger partial charge in [-0.15, -0.1) is 0 Å². The number of Topliss-reactive ketones (excluding diaryl/α,β-unsaturated/α-hetero) is 1. The lowest BCUT2D eigenvalue weighted by atomic mass is 10.1. The van der Waals surface area contributed by atoms with E-state index < -0.39 is 10.0 Å². The Balaban J connectivity index is 2.07. The summed E-state index contributed by atoms with van der Waals surface area (Å²) in [7, 11) is -3.60. The fourth-order valence-electron chi connectivity index (χ4n) is 2.40. The van der Waals surface area contributed by atoms with Gasteiger partial charge < -0.3 is 5.32 Å². The van der Waals surface area contributed by atoms with Gasteiger partial charge in [0.15, 0.2) is 5.78 Å². The lowest BCUT2D eigenvalue weighted by Crippen LogP contribution is -2.33. The lowest BCUT2D eigenvalue weighted by Gasteiger charge is -2.22. The molecule has 140 valence electrons. The molecule has 0 saturated heterocycles. The molecule has 0 bridgehead atoms. The van der Waals surface area contributed by atoms with Crippen LogP contribution in [0.4, 0.5) is 11.4 Å². The van der Waals surface area contributed by atoms with Crippen molar-refractivity contribution in [3.8, 4) is 6.07 Å². The summed E-state index contributed by atoms with van der Waals surface area (Å²) in [6.45, 7) is 1.39. The second kappa shape index (κ2) is 8.47. The Morgan fingerprint density at radius 1 is 1.07 bits per heavy atom. The molecule has 7 nitrogen and oxygen atoms in total. The van der Waals surface area contributed by atoms with Crippen molar-refractivity contribution in [2.24, 2.45) is 0 Å². The molecule has 0 atom stereocenters. The van der Waals surface area contributed by atoms with Gasteiger partial charge in [0.05, 0.1) is 23.6 Å². The Labute approximate surface area is 158 Å². The summed E-state index contributed by atoms with van der Waals surface area (Å²) in [5, 5.41) is 11.4. The molecule has 0 aliphatic rings. The van der Waals surface area contributed by atoms with Crippen LogP contribution in [0.3, 0.4) is 0 Å². The average molecular weight is 385 g/mol. The van der Waals surface area contributed by atoms with Crippen molar-refractivity contribution in [1.82, 2.24) is 0 Å². The molecule has 0 aliphatic carbocycles. The van der Waals surface area contributed by atoms with Crippen LogP contribution in [0.15, 0.2) is 48.5 Å². The number of amides is 1. The molecule has 27 heavy (non-hydrogen) atoms. The maximum absolute atomic E-state index is 12.1. The Bertz CT molecular complexity index is 975. The van der Waals surface area contributed by atoms with Crippen LogP contribution >= 0.6 is 0 Å². The van der Waals surface area contributed by atoms with Crippen LogP contribution in [-0.2, 0) is 14.8 Å². The zero-order valence-electron chi connectivity index (χ0n) is 15.0. The van der Waals surface area contributed by atoms with Crippen LogP contribution in [0.5, 0.6) is 0 Å². The van der Waals surface area contributed by atoms with Crippen molar-refractivity contribution in [2.45, 2.75) is 13.3 Å². The minimum absolute atomic E-state index is 0.0413. The minimum atomic E-state index is -3.60. The molecule has 1 amide bonds. The third-order valence-electron chi connectivity index (χ3n) is 3.80. The number of rotatable bonds is 7. The third-order valence-corrected chi connectivity index (χ3v) is 5.00. The Kier molecular flexibility index (Phi) is 6.32. The summed E-state index contributed by atoms with van der Waals surface area (Å²) in [6, 6.07) is 14.5. The number of nitrogens with zero attached hydrogens (tertiary/aromatic N) is 2. The second-order valence-electron chi connectivity index (χ2n) is 5.93. The first-order valence-corrected chi connectivity index (χ1v) is 9.94. The topological polar surface area (TPSA) is 107 Å². The standard InChI is InChI=1S/C19H19N3O4S/c1-14(23)16-5-9-18(10-6-16)22(27(2,25)26)12-11-19(24)21-17-7-3-15(13-20)4-8-17/h3-10H,11-12H2,1-2H3,(H,21,24). The molecular weight excluding hydrogens is 366 g/mol. The zero-order chi connectivity index (χ0) is 20.0. The van der Waals surface area contributed by atoms with E-state index in [0.717, 1.165) is 10.6 Å². The van der Waals surface area contributed by atoms with E-state index in [9.17, 15) is 18.0 Å². The number of benzene rings is 2. The van der Waals surface area contributed by atoms with Gasteiger partial charge in [0.25, 0.3) is 0 Å². The summed E-state index contributed by atoms with van der Waals surface area (Å²) in [5.41, 5.74) is 1.86. The Morgan fingerprint density at radius 3 is 2.15 bits per heavy atom. The number of nitriles is 1. The SMILES string of the molecule is CC(=O)c1ccc(N(CCC(=O)Nc2ccc(C#N)cc2)S(C)(=O)=O)cc1. The average Bonchev–Trinajstić information content (AvgIpc) is 2.61. The molecule has 0 fully saturated rings. The number of anilines is 2. The second-order valence-corrected chi connectivity index (χ2v) is 7.83. The van der Waals surface area contributed by atoms with Crippen molar-refractivity contribution in [3.63, 3.8) is 0 Å². The molecule has 0 aliphatic heterocycles. The first kappa shape index (κ1) is 20.1. The molecule has 0 radical (unpaired) electrons. The number of hydrogen-bond acceptors (Lipinski definition) is 5. The van der Waals surface area contributed by atoms with Crippen LogP contribution in [0.1, 0.15) is 29.3 Å². The molecule has 0 saturated carbocycles. The lowest BCUT2D eigenvalue weighted by molar-refractivity contribution is -0.116. The largest absolute Gasteiger partial charge is 0.326 e. The molecule has 0 aromatic heterocycles. The maximum Gasteiger partial charge on any atom is 0.232 e. The van der Waals surface area contributed by atoms with Gasteiger partial charge in [-0.1, -0.05) is 0 Å². The smallest absolute Gasteiger partial charge is 0.232 e. The minimum Gasteiger partial charge on any atom is -0.326 e. The zero-order valence-corrected chi connectivity index (χ0v) is 15.8. The highest BCUT2D eigenvalue weighted by atomic mass is 32.2. The number of sulfonamides is 1. The van der Waals surface area contributed by atoms with Gasteiger partial charge in [0.1, 0.15) is 0 Å². The highest BCUT2D eigenvalue weighted by Crippen LogP contribution is 2.19. The van der Waals surface area contributed by atoms with E-state index in [4.69, 9.17) is 5.26 Å². The van der Waals surface area contributed by atoms with E-state index >= 15 is 0 Å². The summed E-state index contributed by atoms with van der Waals surface area (Å²) in [5.74, 6) is -0.469. The fraction of sp³-hybridized carbons (Fsp3) is 0.211. The van der Waals surface area contributed by atoms with Crippen molar-refractivity contribution >= 4 is 33.1 Å². The number of hydrogen-bond donors (Lipinski definition) is 1. The summed E-state index contributed by atoms with van der Waals surface area (Å²) in [4.78, 5) is 23.5. The van der Waals surface area contributed by atoms with Crippen molar-refractivity contribution in [1.29, 1.82) is 5.26 Å². The summed E-state index contributed by atoms with van der Waals surface area (Å²) in [6.07, 6.45) is 1.01. The van der Waals surface area contributed by atoms with Crippen LogP contribution in [-0.4, -0.2) is 32.9 Å². The molecule has 0 unspecified atom stereocenters. The van der Waals surface area contributed by atoms with E-state index in [2.05, 4.69) is 5.32 Å². The maximum atomic E-state index is 12.1. The van der Waals surface area contributed by atoms with Crippen LogP contribution in [0.2, 0.25) is 0 Å². The van der Waals surface area contributed by atoms with Gasteiger partial charge in [-0.05, 0) is 55.5 Å². The van der Waals surface area contributed by atoms with E-state index in [1.54, 1.807) is 36.4 Å². The number of ketones is 1. The molecule has 0 heterocycles. The quantitative estimate of drug-likeness (QED) is 0.737. The van der Waals surface area contributed by atoms with Gasteiger partial charge in [-0.2, -0.15) is 5.26 Å². The highest BCUT2D eigenvalue weighted by molar-refractivity contribution is 7.92. The molecule has 8 heteroatoms. The van der Waals surface area contributed by atoms with E-state index in [1.807, 2.05) is 6.07 Å². The van der Waals surface area contributed by atoms with E-state index in [1.165, 1.54) is 19.1 Å². The van der Waals surface area contributed by atoms with Crippen LogP contribution in [0, 0.1) is 11.3 Å². The van der Waals surface area contributed by atoms with Crippen molar-refractivity contribution in [2.75, 3.05) is 22.4 Å². The molecule has 1 N–H and O–H groups in total. The number of nitrogens with one attached hydrogen (secondary N) is 1. The highest BCUT2D eigenvalue weighted by Gasteiger charge is 2.19. The van der Waals surface area contributed by atoms with E-state index in [0.29, 0.717) is 22.5 Å². The molecular formula is C19H19N3O4S. The third kappa shape index (κ3) is 5.66. The van der Waals surface area contributed by atoms with Gasteiger partial charge in [-0.25, -0.2) is 8.42 Å². The van der Waals surface area contributed by atoms with Crippen molar-refractivity contribution < 1.29 is 18.0 Å². The Hall–Kier alpha value is -3.18. The summed E-state index contributed by atoms with van der Waals surface area (Å²) >= 11 is 0. The van der Waals surface area contributed by atoms with Gasteiger partial charge in [-0.3, -0.25) is 13.9 Å². The molecule has 2 rings (SSSR count). The molecule has 2 aromatic rings. The van der Waals surface area contributed by atoms with Crippen LogP contribution in [0.25, 0.3) is 0 Å². The number of carbonyl (C=O) groups is 2. The predicted molar refractivity (Wildman–Crippen MR) is 103 cm³/mol. The van der Waals surface area contributed by atoms with Gasteiger partial charge >= 0.3 is 0 Å². The van der Waals surface area contributed by atoms with Gasteiger partial charge in [0, 0.05) is 24.2 Å². The Morgan fingerprint density at radius 2 is 1.67 bits per heavy atom. The van der Waals surface area contributed by atoms with Crippen LogP contribution < -0.4 is 9.62 Å². The first-order chi connectivity index (χ1) is 12.7. The fourth-order valence-corrected chi connectivity index (χ4v) is 3.33. The number of carbonyl (C=O) groups excluding carboxylic acids is 2. The van der Waals surface area contributed by atoms with Crippen molar-refractivity contribution in [3.05, 3.63) is 59.7 Å². The predicted octanol–water partition coefficient (Wildman–Crippen LogP) is 2.56. The first-order valence-electron chi connectivity index (χ1n) is 8.09. The monoisotopic (exact) mass is 385 g/mol. The summed E-state index contributed by atoms with van der Waals surface area (Å²) < 4.78 is 25.3. The van der Waals surface area contributed by atoms with E-state index in [-0.39, 0.29) is 24.7 Å². The molecule has 2 aromatic carbocycles.